The third-order valence-corrected chi connectivity index (χ3v) is 10.8. The molecule has 1 unspecified atom stereocenters. The molecular formula is C23H30Cl2O6. The first-order chi connectivity index (χ1) is 14.3. The maximum atomic E-state index is 13.1. The van der Waals surface area contributed by atoms with Crippen LogP contribution in [0.5, 0.6) is 0 Å². The predicted octanol–water partition coefficient (Wildman–Crippen LogP) is 3.23. The van der Waals surface area contributed by atoms with Gasteiger partial charge in [0.1, 0.15) is 11.7 Å². The number of carbonyl (C=O) groups excluding carboxylic acids is 2. The number of allylic oxidation sites excluding steroid dienone is 1. The molecule has 3 N–H and O–H groups in total. The number of carbonyl (C=O) groups is 3. The van der Waals surface area contributed by atoms with Crippen molar-refractivity contribution in [1.82, 2.24) is 0 Å². The fourth-order valence-corrected chi connectivity index (χ4v) is 8.72. The molecule has 3 fully saturated rings. The van der Waals surface area contributed by atoms with Crippen molar-refractivity contribution in [3.63, 3.8) is 0 Å². The number of aliphatic carboxylic acids is 1. The van der Waals surface area contributed by atoms with Crippen LogP contribution in [-0.2, 0) is 14.4 Å². The molecule has 0 aromatic rings. The minimum atomic E-state index is -1.85. The summed E-state index contributed by atoms with van der Waals surface area (Å²) in [7, 11) is 0. The molecule has 4 aliphatic carbocycles. The van der Waals surface area contributed by atoms with Gasteiger partial charge < -0.3 is 15.3 Å². The number of rotatable bonds is 4. The van der Waals surface area contributed by atoms with E-state index in [1.54, 1.807) is 6.08 Å². The van der Waals surface area contributed by atoms with Gasteiger partial charge in [-0.2, -0.15) is 0 Å². The second-order valence-corrected chi connectivity index (χ2v) is 11.6. The van der Waals surface area contributed by atoms with Gasteiger partial charge in [-0.05, 0) is 56.4 Å². The van der Waals surface area contributed by atoms with Gasteiger partial charge in [0.05, 0.1) is 16.7 Å². The van der Waals surface area contributed by atoms with Gasteiger partial charge >= 0.3 is 5.97 Å². The van der Waals surface area contributed by atoms with Crippen LogP contribution < -0.4 is 0 Å². The van der Waals surface area contributed by atoms with E-state index in [-0.39, 0.29) is 30.5 Å². The Balaban J connectivity index is 1.73. The Labute approximate surface area is 192 Å². The lowest BCUT2D eigenvalue weighted by Gasteiger charge is -2.64. The Morgan fingerprint density at radius 3 is 2.52 bits per heavy atom. The van der Waals surface area contributed by atoms with Crippen LogP contribution in [0.1, 0.15) is 65.2 Å². The highest BCUT2D eigenvalue weighted by molar-refractivity contribution is 6.33. The van der Waals surface area contributed by atoms with E-state index in [4.69, 9.17) is 28.3 Å². The Morgan fingerprint density at radius 2 is 1.87 bits per heavy atom. The Kier molecular flexibility index (Phi) is 5.45. The number of aliphatic hydroxyl groups excluding tert-OH is 1. The molecule has 0 saturated heterocycles. The molecule has 0 heterocycles. The molecule has 4 aliphatic rings. The lowest BCUT2D eigenvalue weighted by Crippen LogP contribution is -2.68. The van der Waals surface area contributed by atoms with Crippen molar-refractivity contribution in [2.24, 2.45) is 22.7 Å². The molecule has 0 amide bonds. The lowest BCUT2D eigenvalue weighted by atomic mass is 9.45. The van der Waals surface area contributed by atoms with Crippen molar-refractivity contribution in [3.05, 3.63) is 11.6 Å². The van der Waals surface area contributed by atoms with Gasteiger partial charge in [0.2, 0.25) is 0 Å². The summed E-state index contributed by atoms with van der Waals surface area (Å²) in [5.41, 5.74) is -2.16. The van der Waals surface area contributed by atoms with Crippen LogP contribution in [0.25, 0.3) is 0 Å². The summed E-state index contributed by atoms with van der Waals surface area (Å²) >= 11 is 14.5. The van der Waals surface area contributed by atoms with Crippen molar-refractivity contribution in [2.45, 2.75) is 87.2 Å². The van der Waals surface area contributed by atoms with E-state index in [0.717, 1.165) is 12.0 Å². The molecule has 4 rings (SSSR count). The van der Waals surface area contributed by atoms with E-state index in [1.807, 2.05) is 6.92 Å². The minimum Gasteiger partial charge on any atom is -0.481 e. The van der Waals surface area contributed by atoms with E-state index in [1.165, 1.54) is 0 Å². The molecule has 0 radical (unpaired) electrons. The zero-order valence-electron chi connectivity index (χ0n) is 17.9. The summed E-state index contributed by atoms with van der Waals surface area (Å²) in [4.78, 5) is 35.3. The molecule has 172 valence electrons. The molecule has 0 spiro atoms. The molecule has 8 heteroatoms. The lowest BCUT2D eigenvalue weighted by molar-refractivity contribution is -0.170. The maximum absolute atomic E-state index is 13.1. The first-order valence-electron chi connectivity index (χ1n) is 11.0. The highest BCUT2D eigenvalue weighted by Gasteiger charge is 2.73. The second kappa shape index (κ2) is 7.28. The van der Waals surface area contributed by atoms with Crippen LogP contribution in [0.4, 0.5) is 0 Å². The van der Waals surface area contributed by atoms with Crippen molar-refractivity contribution in [3.8, 4) is 0 Å². The van der Waals surface area contributed by atoms with Gasteiger partial charge in [-0.25, -0.2) is 0 Å². The van der Waals surface area contributed by atoms with Gasteiger partial charge in [0.15, 0.2) is 11.6 Å². The van der Waals surface area contributed by atoms with Crippen molar-refractivity contribution in [1.29, 1.82) is 0 Å². The number of alkyl halides is 2. The first-order valence-corrected chi connectivity index (χ1v) is 11.9. The maximum Gasteiger partial charge on any atom is 0.306 e. The molecule has 0 aromatic carbocycles. The van der Waals surface area contributed by atoms with E-state index in [0.29, 0.717) is 25.7 Å². The highest BCUT2D eigenvalue weighted by atomic mass is 35.5. The van der Waals surface area contributed by atoms with Crippen LogP contribution in [0.2, 0.25) is 0 Å². The molecule has 8 atom stereocenters. The van der Waals surface area contributed by atoms with E-state index in [9.17, 15) is 24.6 Å². The quantitative estimate of drug-likeness (QED) is 0.541. The topological polar surface area (TPSA) is 112 Å². The van der Waals surface area contributed by atoms with Gasteiger partial charge in [0.25, 0.3) is 0 Å². The summed E-state index contributed by atoms with van der Waals surface area (Å²) in [6.45, 7) is 3.92. The number of halogens is 2. The Bertz CT molecular complexity index is 872. The molecule has 6 nitrogen and oxygen atoms in total. The monoisotopic (exact) mass is 472 g/mol. The van der Waals surface area contributed by atoms with Crippen LogP contribution in [-0.4, -0.2) is 54.8 Å². The van der Waals surface area contributed by atoms with Gasteiger partial charge in [-0.15, -0.1) is 23.2 Å². The average molecular weight is 473 g/mol. The van der Waals surface area contributed by atoms with Crippen LogP contribution in [0.3, 0.4) is 0 Å². The summed E-state index contributed by atoms with van der Waals surface area (Å²) in [6, 6.07) is 0. The van der Waals surface area contributed by atoms with Gasteiger partial charge in [0, 0.05) is 17.3 Å². The fourth-order valence-electron chi connectivity index (χ4n) is 7.45. The number of fused-ring (bicyclic) bond motifs is 5. The van der Waals surface area contributed by atoms with E-state index < -0.39 is 51.0 Å². The summed E-state index contributed by atoms with van der Waals surface area (Å²) in [5.74, 6) is -2.18. The minimum absolute atomic E-state index is 0.0655. The van der Waals surface area contributed by atoms with Crippen LogP contribution >= 0.6 is 23.2 Å². The highest BCUT2D eigenvalue weighted by Crippen LogP contribution is 2.72. The number of aliphatic hydroxyl groups is 2. The molecule has 31 heavy (non-hydrogen) atoms. The van der Waals surface area contributed by atoms with Gasteiger partial charge in [-0.1, -0.05) is 19.4 Å². The predicted molar refractivity (Wildman–Crippen MR) is 115 cm³/mol. The molecule has 3 saturated carbocycles. The van der Waals surface area contributed by atoms with E-state index in [2.05, 4.69) is 6.92 Å². The van der Waals surface area contributed by atoms with Crippen molar-refractivity contribution in [2.75, 3.05) is 0 Å². The summed E-state index contributed by atoms with van der Waals surface area (Å²) in [6.07, 6.45) is 2.70. The smallest absolute Gasteiger partial charge is 0.306 e. The largest absolute Gasteiger partial charge is 0.481 e. The number of carboxylic acid groups (broad SMARTS) is 1. The van der Waals surface area contributed by atoms with Crippen LogP contribution in [0, 0.1) is 22.7 Å². The molecule has 0 bridgehead atoms. The number of Topliss-reactive ketones (excluding diaryl/α,β-unsaturated/α-hetero) is 1. The van der Waals surface area contributed by atoms with E-state index >= 15 is 0 Å². The standard InChI is InChI=1S/C23H30Cl2O6/c1-20-7-5-13(26)9-12(20)3-4-15-14-6-8-22(31,19(30)16(27)10-18(28)29)21(14,2)11-17(24)23(15,20)25/h9,14-17,27,31H,3-8,10-11H2,1-2H3,(H,28,29)/t14-,15-,16?,17-,20-,21-,22-,23-/m0/s1. The number of carboxylic acids is 1. The second-order valence-electron chi connectivity index (χ2n) is 10.5. The van der Waals surface area contributed by atoms with Crippen molar-refractivity contribution >= 4 is 40.7 Å². The Morgan fingerprint density at radius 1 is 1.19 bits per heavy atom. The molecule has 0 aromatic heterocycles. The van der Waals surface area contributed by atoms with Crippen LogP contribution in [0.15, 0.2) is 11.6 Å². The Hall–Kier alpha value is -0.950. The third-order valence-electron chi connectivity index (χ3n) is 9.23. The van der Waals surface area contributed by atoms with Crippen molar-refractivity contribution < 1.29 is 29.7 Å². The number of ketones is 2. The average Bonchev–Trinajstić information content (AvgIpc) is 2.94. The molecule has 0 aliphatic heterocycles. The number of hydrogen-bond donors (Lipinski definition) is 3. The summed E-state index contributed by atoms with van der Waals surface area (Å²) in [5, 5.41) is 30.2. The zero-order chi connectivity index (χ0) is 23.0. The fraction of sp³-hybridized carbons (Fsp3) is 0.783. The summed E-state index contributed by atoms with van der Waals surface area (Å²) < 4.78 is 0. The third kappa shape index (κ3) is 2.94. The normalized spacial score (nSPS) is 47.6. The first kappa shape index (κ1) is 23.2. The zero-order valence-corrected chi connectivity index (χ0v) is 19.4. The van der Waals surface area contributed by atoms with Gasteiger partial charge in [-0.3, -0.25) is 14.4 Å². The number of hydrogen-bond acceptors (Lipinski definition) is 5. The SMILES string of the molecule is C[C@]12CCC(=O)C=C1CC[C@H]1[C@@H]3CC[C@](O)(C(=O)C(O)CC(=O)O)[C@@]3(C)C[C@H](Cl)[C@@]12Cl. The molecular weight excluding hydrogens is 443 g/mol.